The molecule has 0 saturated carbocycles. The normalized spacial score (nSPS) is 10.4. The Kier molecular flexibility index (Phi) is 6.00. The third-order valence-corrected chi connectivity index (χ3v) is 2.99. The molecule has 2 aromatic rings. The third kappa shape index (κ3) is 5.06. The number of aryl methyl sites for hydroxylation is 1. The van der Waals surface area contributed by atoms with Crippen molar-refractivity contribution in [2.45, 2.75) is 39.7 Å². The number of rotatable bonds is 8. The Hall–Kier alpha value is -2.10. The van der Waals surface area contributed by atoms with E-state index >= 15 is 0 Å². The van der Waals surface area contributed by atoms with E-state index < -0.39 is 0 Å². The number of hydrogen-bond donors (Lipinski definition) is 1. The largest absolute Gasteiger partial charge is 0.478 e. The number of nitrogens with one attached hydrogen (secondary N) is 1. The molecular formula is C17H23N3O. The third-order valence-electron chi connectivity index (χ3n) is 2.99. The second-order valence-corrected chi connectivity index (χ2v) is 4.95. The molecule has 1 aromatic heterocycles. The lowest BCUT2D eigenvalue weighted by Crippen LogP contribution is -2.07. The van der Waals surface area contributed by atoms with Gasteiger partial charge in [0.1, 0.15) is 11.6 Å². The van der Waals surface area contributed by atoms with Crippen molar-refractivity contribution < 1.29 is 4.74 Å². The molecule has 1 heterocycles. The average molecular weight is 285 g/mol. The van der Waals surface area contributed by atoms with E-state index in [-0.39, 0.29) is 0 Å². The van der Waals surface area contributed by atoms with Crippen LogP contribution < -0.4 is 10.1 Å². The zero-order valence-corrected chi connectivity index (χ0v) is 12.8. The highest BCUT2D eigenvalue weighted by Crippen LogP contribution is 2.16. The second kappa shape index (κ2) is 8.25. The predicted octanol–water partition coefficient (Wildman–Crippen LogP) is 3.83. The first kappa shape index (κ1) is 15.3. The minimum absolute atomic E-state index is 0.658. The molecule has 2 rings (SSSR count). The van der Waals surface area contributed by atoms with E-state index in [1.54, 1.807) is 0 Å². The molecule has 0 spiro atoms. The summed E-state index contributed by atoms with van der Waals surface area (Å²) in [5, 5.41) is 3.35. The first-order valence-electron chi connectivity index (χ1n) is 7.60. The zero-order valence-electron chi connectivity index (χ0n) is 12.8. The van der Waals surface area contributed by atoms with Crippen molar-refractivity contribution in [3.05, 3.63) is 47.8 Å². The summed E-state index contributed by atoms with van der Waals surface area (Å²) in [7, 11) is 0. The van der Waals surface area contributed by atoms with E-state index in [0.717, 1.165) is 37.4 Å². The van der Waals surface area contributed by atoms with Crippen LogP contribution in [0.15, 0.2) is 36.4 Å². The summed E-state index contributed by atoms with van der Waals surface area (Å²) >= 11 is 0. The average Bonchev–Trinajstić information content (AvgIpc) is 2.52. The van der Waals surface area contributed by atoms with Gasteiger partial charge in [0.2, 0.25) is 5.88 Å². The van der Waals surface area contributed by atoms with Gasteiger partial charge < -0.3 is 10.1 Å². The van der Waals surface area contributed by atoms with Gasteiger partial charge in [-0.15, -0.1) is 0 Å². The predicted molar refractivity (Wildman–Crippen MR) is 85.6 cm³/mol. The number of hydrogen-bond acceptors (Lipinski definition) is 4. The molecule has 4 nitrogen and oxygen atoms in total. The van der Waals surface area contributed by atoms with Crippen molar-refractivity contribution in [1.29, 1.82) is 0 Å². The molecule has 1 N–H and O–H groups in total. The molecule has 0 saturated heterocycles. The first-order chi connectivity index (χ1) is 10.3. The Morgan fingerprint density at radius 3 is 2.57 bits per heavy atom. The molecule has 0 unspecified atom stereocenters. The SMILES string of the molecule is CCCOc1cc(NCc2ccccc2)nc(CCC)n1. The minimum Gasteiger partial charge on any atom is -0.478 e. The number of nitrogens with zero attached hydrogens (tertiary/aromatic N) is 2. The summed E-state index contributed by atoms with van der Waals surface area (Å²) in [4.78, 5) is 8.99. The smallest absolute Gasteiger partial charge is 0.218 e. The van der Waals surface area contributed by atoms with Crippen molar-refractivity contribution in [2.24, 2.45) is 0 Å². The summed E-state index contributed by atoms with van der Waals surface area (Å²) in [5.41, 5.74) is 1.23. The molecule has 21 heavy (non-hydrogen) atoms. The Balaban J connectivity index is 2.07. The molecule has 4 heteroatoms. The van der Waals surface area contributed by atoms with Crippen molar-refractivity contribution in [2.75, 3.05) is 11.9 Å². The van der Waals surface area contributed by atoms with Crippen LogP contribution in [0.1, 0.15) is 38.1 Å². The molecule has 0 aliphatic heterocycles. The summed E-state index contributed by atoms with van der Waals surface area (Å²) in [6.45, 7) is 5.64. The highest BCUT2D eigenvalue weighted by Gasteiger charge is 2.05. The van der Waals surface area contributed by atoms with Gasteiger partial charge in [-0.1, -0.05) is 44.2 Å². The van der Waals surface area contributed by atoms with Crippen LogP contribution in [-0.4, -0.2) is 16.6 Å². The van der Waals surface area contributed by atoms with Gasteiger partial charge in [-0.2, -0.15) is 4.98 Å². The van der Waals surface area contributed by atoms with Gasteiger partial charge >= 0.3 is 0 Å². The van der Waals surface area contributed by atoms with E-state index in [1.165, 1.54) is 5.56 Å². The number of aromatic nitrogens is 2. The van der Waals surface area contributed by atoms with Gasteiger partial charge in [0.15, 0.2) is 0 Å². The molecule has 0 aliphatic carbocycles. The molecule has 0 aliphatic rings. The summed E-state index contributed by atoms with van der Waals surface area (Å²) in [6.07, 6.45) is 2.86. The van der Waals surface area contributed by atoms with Gasteiger partial charge in [0.05, 0.1) is 6.61 Å². The van der Waals surface area contributed by atoms with Crippen LogP contribution in [0.4, 0.5) is 5.82 Å². The Morgan fingerprint density at radius 2 is 1.86 bits per heavy atom. The van der Waals surface area contributed by atoms with Crippen LogP contribution in [0.25, 0.3) is 0 Å². The lowest BCUT2D eigenvalue weighted by Gasteiger charge is -2.10. The Labute approximate surface area is 126 Å². The summed E-state index contributed by atoms with van der Waals surface area (Å²) in [6, 6.07) is 12.2. The standard InChI is InChI=1S/C17H23N3O/c1-3-8-15-19-16(12-17(20-15)21-11-4-2)18-13-14-9-6-5-7-10-14/h5-7,9-10,12H,3-4,8,11,13H2,1-2H3,(H,18,19,20). The maximum atomic E-state index is 5.64. The fourth-order valence-corrected chi connectivity index (χ4v) is 1.97. The lowest BCUT2D eigenvalue weighted by atomic mass is 10.2. The van der Waals surface area contributed by atoms with Gasteiger partial charge in [0.25, 0.3) is 0 Å². The maximum absolute atomic E-state index is 5.64. The van der Waals surface area contributed by atoms with Crippen LogP contribution in [-0.2, 0) is 13.0 Å². The van der Waals surface area contributed by atoms with Crippen LogP contribution in [0.2, 0.25) is 0 Å². The Morgan fingerprint density at radius 1 is 1.05 bits per heavy atom. The van der Waals surface area contributed by atoms with Gasteiger partial charge in [-0.25, -0.2) is 4.98 Å². The van der Waals surface area contributed by atoms with E-state index in [1.807, 2.05) is 24.3 Å². The van der Waals surface area contributed by atoms with Crippen LogP contribution in [0.5, 0.6) is 5.88 Å². The molecule has 0 amide bonds. The second-order valence-electron chi connectivity index (χ2n) is 4.95. The van der Waals surface area contributed by atoms with Gasteiger partial charge in [0, 0.05) is 19.0 Å². The fourth-order valence-electron chi connectivity index (χ4n) is 1.97. The molecule has 0 atom stereocenters. The quantitative estimate of drug-likeness (QED) is 0.800. The molecule has 0 bridgehead atoms. The van der Waals surface area contributed by atoms with Gasteiger partial charge in [-0.3, -0.25) is 0 Å². The number of benzene rings is 1. The van der Waals surface area contributed by atoms with Crippen molar-refractivity contribution in [3.63, 3.8) is 0 Å². The summed E-state index contributed by atoms with van der Waals surface area (Å²) in [5.74, 6) is 2.32. The van der Waals surface area contributed by atoms with Gasteiger partial charge in [-0.05, 0) is 18.4 Å². The topological polar surface area (TPSA) is 47.0 Å². The highest BCUT2D eigenvalue weighted by atomic mass is 16.5. The fraction of sp³-hybridized carbons (Fsp3) is 0.412. The van der Waals surface area contributed by atoms with Crippen molar-refractivity contribution in [1.82, 2.24) is 9.97 Å². The molecule has 1 aromatic carbocycles. The number of anilines is 1. The Bertz CT molecular complexity index is 543. The van der Waals surface area contributed by atoms with E-state index in [2.05, 4.69) is 41.3 Å². The summed E-state index contributed by atoms with van der Waals surface area (Å²) < 4.78 is 5.64. The zero-order chi connectivity index (χ0) is 14.9. The van der Waals surface area contributed by atoms with Crippen molar-refractivity contribution in [3.8, 4) is 5.88 Å². The maximum Gasteiger partial charge on any atom is 0.218 e. The van der Waals surface area contributed by atoms with Crippen LogP contribution in [0.3, 0.4) is 0 Å². The highest BCUT2D eigenvalue weighted by molar-refractivity contribution is 5.39. The monoisotopic (exact) mass is 285 g/mol. The molecular weight excluding hydrogens is 262 g/mol. The van der Waals surface area contributed by atoms with Crippen molar-refractivity contribution >= 4 is 5.82 Å². The minimum atomic E-state index is 0.658. The lowest BCUT2D eigenvalue weighted by molar-refractivity contribution is 0.303. The van der Waals surface area contributed by atoms with Crippen LogP contribution in [0, 0.1) is 0 Å². The van der Waals surface area contributed by atoms with Crippen LogP contribution >= 0.6 is 0 Å². The first-order valence-corrected chi connectivity index (χ1v) is 7.60. The van der Waals surface area contributed by atoms with E-state index in [4.69, 9.17) is 4.74 Å². The molecule has 0 fully saturated rings. The molecule has 112 valence electrons. The van der Waals surface area contributed by atoms with E-state index in [0.29, 0.717) is 12.5 Å². The molecule has 0 radical (unpaired) electrons. The number of ether oxygens (including phenoxy) is 1. The van der Waals surface area contributed by atoms with E-state index in [9.17, 15) is 0 Å².